The van der Waals surface area contributed by atoms with Crippen LogP contribution in [0.15, 0.2) is 36.5 Å². The maximum atomic E-state index is 12.7. The first-order valence-electron chi connectivity index (χ1n) is 6.46. The van der Waals surface area contributed by atoms with Crippen LogP contribution in [0.5, 0.6) is 0 Å². The highest BCUT2D eigenvalue weighted by molar-refractivity contribution is 5.75. The molecule has 0 atom stereocenters. The lowest BCUT2D eigenvalue weighted by atomic mass is 10.1. The molecule has 0 saturated heterocycles. The lowest BCUT2D eigenvalue weighted by molar-refractivity contribution is -0.141. The molecule has 8 heteroatoms. The predicted molar refractivity (Wildman–Crippen MR) is 70.3 cm³/mol. The minimum absolute atomic E-state index is 0.292. The van der Waals surface area contributed by atoms with Crippen LogP contribution >= 0.6 is 0 Å². The number of halogens is 4. The monoisotopic (exact) mass is 315 g/mol. The molecule has 118 valence electrons. The number of hydrogen-bond donors (Lipinski definition) is 1. The topological polar surface area (TPSA) is 46.9 Å². The highest BCUT2D eigenvalue weighted by Crippen LogP contribution is 2.27. The zero-order valence-corrected chi connectivity index (χ0v) is 11.4. The van der Waals surface area contributed by atoms with Gasteiger partial charge in [-0.25, -0.2) is 4.39 Å². The maximum Gasteiger partial charge on any atom is 0.435 e. The molecule has 22 heavy (non-hydrogen) atoms. The molecule has 0 unspecified atom stereocenters. The fourth-order valence-electron chi connectivity index (χ4n) is 1.80. The van der Waals surface area contributed by atoms with Crippen LogP contribution in [0.1, 0.15) is 11.3 Å². The van der Waals surface area contributed by atoms with Crippen LogP contribution in [0.25, 0.3) is 0 Å². The first-order valence-corrected chi connectivity index (χ1v) is 6.46. The molecule has 0 aliphatic heterocycles. The van der Waals surface area contributed by atoms with Crippen molar-refractivity contribution >= 4 is 5.91 Å². The van der Waals surface area contributed by atoms with Crippen molar-refractivity contribution in [3.05, 3.63) is 53.6 Å². The van der Waals surface area contributed by atoms with E-state index in [-0.39, 0.29) is 12.4 Å². The number of benzene rings is 1. The van der Waals surface area contributed by atoms with Crippen molar-refractivity contribution < 1.29 is 22.4 Å². The Labute approximate surface area is 123 Å². The number of amides is 1. The Morgan fingerprint density at radius 3 is 2.45 bits per heavy atom. The van der Waals surface area contributed by atoms with Crippen molar-refractivity contribution in [2.24, 2.45) is 0 Å². The van der Waals surface area contributed by atoms with E-state index in [1.807, 2.05) is 0 Å². The van der Waals surface area contributed by atoms with E-state index >= 15 is 0 Å². The summed E-state index contributed by atoms with van der Waals surface area (Å²) in [5.41, 5.74) is -0.188. The van der Waals surface area contributed by atoms with Crippen molar-refractivity contribution in [1.29, 1.82) is 0 Å². The highest BCUT2D eigenvalue weighted by Gasteiger charge is 2.33. The largest absolute Gasteiger partial charge is 0.435 e. The first kappa shape index (κ1) is 16.0. The Bertz CT molecular complexity index is 634. The second-order valence-electron chi connectivity index (χ2n) is 4.62. The van der Waals surface area contributed by atoms with Gasteiger partial charge in [-0.15, -0.1) is 0 Å². The quantitative estimate of drug-likeness (QED) is 0.861. The number of nitrogens with one attached hydrogen (secondary N) is 1. The van der Waals surface area contributed by atoms with Crippen LogP contribution in [-0.4, -0.2) is 22.2 Å². The van der Waals surface area contributed by atoms with Crippen molar-refractivity contribution in [2.45, 2.75) is 19.1 Å². The molecule has 1 amide bonds. The van der Waals surface area contributed by atoms with E-state index in [4.69, 9.17) is 0 Å². The van der Waals surface area contributed by atoms with Crippen LogP contribution in [0.3, 0.4) is 0 Å². The van der Waals surface area contributed by atoms with Crippen molar-refractivity contribution in [3.63, 3.8) is 0 Å². The van der Waals surface area contributed by atoms with Gasteiger partial charge in [0.2, 0.25) is 5.91 Å². The van der Waals surface area contributed by atoms with E-state index in [1.165, 1.54) is 12.1 Å². The fourth-order valence-corrected chi connectivity index (χ4v) is 1.80. The Morgan fingerprint density at radius 2 is 1.86 bits per heavy atom. The summed E-state index contributed by atoms with van der Waals surface area (Å²) in [4.78, 5) is 11.6. The lowest BCUT2D eigenvalue weighted by Gasteiger charge is -2.06. The summed E-state index contributed by atoms with van der Waals surface area (Å²) in [5, 5.41) is 5.85. The Balaban J connectivity index is 1.78. The highest BCUT2D eigenvalue weighted by atomic mass is 19.4. The molecule has 2 aromatic rings. The van der Waals surface area contributed by atoms with Gasteiger partial charge in [-0.05, 0) is 30.2 Å². The Morgan fingerprint density at radius 1 is 1.18 bits per heavy atom. The van der Waals surface area contributed by atoms with E-state index in [0.29, 0.717) is 13.0 Å². The Hall–Kier alpha value is -2.38. The zero-order valence-electron chi connectivity index (χ0n) is 11.4. The molecular weight excluding hydrogens is 302 g/mol. The second kappa shape index (κ2) is 6.59. The van der Waals surface area contributed by atoms with Gasteiger partial charge < -0.3 is 5.32 Å². The second-order valence-corrected chi connectivity index (χ2v) is 4.62. The van der Waals surface area contributed by atoms with Crippen LogP contribution in [-0.2, 0) is 23.9 Å². The number of hydrogen-bond acceptors (Lipinski definition) is 2. The number of alkyl halides is 3. The molecule has 2 rings (SSSR count). The van der Waals surface area contributed by atoms with Crippen molar-refractivity contribution in [2.75, 3.05) is 6.54 Å². The first-order chi connectivity index (χ1) is 10.3. The Kier molecular flexibility index (Phi) is 4.79. The third-order valence-electron chi connectivity index (χ3n) is 2.89. The summed E-state index contributed by atoms with van der Waals surface area (Å²) < 4.78 is 50.7. The maximum absolute atomic E-state index is 12.7. The van der Waals surface area contributed by atoms with Gasteiger partial charge in [0.25, 0.3) is 0 Å². The van der Waals surface area contributed by atoms with Gasteiger partial charge in [0.1, 0.15) is 12.4 Å². The van der Waals surface area contributed by atoms with Crippen LogP contribution in [0.4, 0.5) is 17.6 Å². The van der Waals surface area contributed by atoms with Gasteiger partial charge in [0.15, 0.2) is 5.69 Å². The third-order valence-corrected chi connectivity index (χ3v) is 2.89. The molecule has 0 saturated carbocycles. The molecular formula is C14H13F4N3O. The standard InChI is InChI=1S/C14H13F4N3O/c15-11-3-1-10(2-4-11)5-7-19-13(22)9-21-8-6-12(20-21)14(16,17)18/h1-4,6,8H,5,7,9H2,(H,19,22). The average molecular weight is 315 g/mol. The minimum Gasteiger partial charge on any atom is -0.354 e. The van der Waals surface area contributed by atoms with Crippen molar-refractivity contribution in [3.8, 4) is 0 Å². The van der Waals surface area contributed by atoms with Crippen LogP contribution in [0, 0.1) is 5.82 Å². The normalized spacial score (nSPS) is 11.5. The van der Waals surface area contributed by atoms with E-state index in [0.717, 1.165) is 22.5 Å². The van der Waals surface area contributed by atoms with E-state index in [2.05, 4.69) is 10.4 Å². The number of rotatable bonds is 5. The molecule has 0 spiro atoms. The molecule has 0 bridgehead atoms. The predicted octanol–water partition coefficient (Wildman–Crippen LogP) is 2.40. The van der Waals surface area contributed by atoms with E-state index < -0.39 is 17.8 Å². The van der Waals surface area contributed by atoms with Crippen molar-refractivity contribution in [1.82, 2.24) is 15.1 Å². The molecule has 1 N–H and O–H groups in total. The van der Waals surface area contributed by atoms with Gasteiger partial charge in [-0.1, -0.05) is 12.1 Å². The molecule has 1 aromatic heterocycles. The summed E-state index contributed by atoms with van der Waals surface area (Å²) in [7, 11) is 0. The van der Waals surface area contributed by atoms with Gasteiger partial charge in [0, 0.05) is 12.7 Å². The summed E-state index contributed by atoms with van der Waals surface area (Å²) in [6.45, 7) is 0.0113. The molecule has 4 nitrogen and oxygen atoms in total. The van der Waals surface area contributed by atoms with Crippen LogP contribution in [0.2, 0.25) is 0 Å². The number of carbonyl (C=O) groups is 1. The summed E-state index contributed by atoms with van der Waals surface area (Å²) in [6, 6.07) is 6.65. The van der Waals surface area contributed by atoms with Gasteiger partial charge in [0.05, 0.1) is 0 Å². The molecule has 1 aromatic carbocycles. The van der Waals surface area contributed by atoms with Gasteiger partial charge in [-0.3, -0.25) is 9.48 Å². The minimum atomic E-state index is -4.52. The lowest BCUT2D eigenvalue weighted by Crippen LogP contribution is -2.29. The van der Waals surface area contributed by atoms with E-state index in [1.54, 1.807) is 12.1 Å². The molecule has 0 aliphatic carbocycles. The van der Waals surface area contributed by atoms with Gasteiger partial charge >= 0.3 is 6.18 Å². The number of nitrogens with zero attached hydrogens (tertiary/aromatic N) is 2. The third kappa shape index (κ3) is 4.57. The summed E-state index contributed by atoms with van der Waals surface area (Å²) >= 11 is 0. The van der Waals surface area contributed by atoms with Crippen LogP contribution < -0.4 is 5.32 Å². The zero-order chi connectivity index (χ0) is 16.2. The van der Waals surface area contributed by atoms with Gasteiger partial charge in [-0.2, -0.15) is 18.3 Å². The molecule has 0 aliphatic rings. The fraction of sp³-hybridized carbons (Fsp3) is 0.286. The smallest absolute Gasteiger partial charge is 0.354 e. The SMILES string of the molecule is O=C(Cn1ccc(C(F)(F)F)n1)NCCc1ccc(F)cc1. The number of aromatic nitrogens is 2. The number of carbonyl (C=O) groups excluding carboxylic acids is 1. The summed E-state index contributed by atoms with van der Waals surface area (Å²) in [5.74, 6) is -0.786. The molecule has 0 radical (unpaired) electrons. The molecule has 0 fully saturated rings. The molecule has 1 heterocycles. The van der Waals surface area contributed by atoms with E-state index in [9.17, 15) is 22.4 Å². The average Bonchev–Trinajstić information content (AvgIpc) is 2.89. The summed E-state index contributed by atoms with van der Waals surface area (Å²) in [6.07, 6.45) is -2.92.